The third-order valence-electron chi connectivity index (χ3n) is 2.88. The molecule has 0 aliphatic carbocycles. The van der Waals surface area contributed by atoms with Crippen LogP contribution in [0.15, 0.2) is 24.3 Å². The lowest BCUT2D eigenvalue weighted by molar-refractivity contribution is -0.146. The summed E-state index contributed by atoms with van der Waals surface area (Å²) >= 11 is 5.84. The number of carbonyl (C=O) groups excluding carboxylic acids is 1. The van der Waals surface area contributed by atoms with Gasteiger partial charge in [-0.1, -0.05) is 38.4 Å². The van der Waals surface area contributed by atoms with Gasteiger partial charge < -0.3 is 15.2 Å². The summed E-state index contributed by atoms with van der Waals surface area (Å²) in [5.41, 5.74) is -0.600. The first-order valence-corrected chi connectivity index (χ1v) is 6.94. The molecule has 1 aromatic carbocycles. The first-order chi connectivity index (χ1) is 9.61. The Morgan fingerprint density at radius 1 is 1.33 bits per heavy atom. The van der Waals surface area contributed by atoms with E-state index in [0.29, 0.717) is 10.8 Å². The molecule has 0 bridgehead atoms. The highest BCUT2D eigenvalue weighted by atomic mass is 35.5. The van der Waals surface area contributed by atoms with E-state index < -0.39 is 29.4 Å². The van der Waals surface area contributed by atoms with Crippen LogP contribution >= 0.6 is 11.6 Å². The van der Waals surface area contributed by atoms with E-state index in [1.54, 1.807) is 52.0 Å². The number of nitrogens with one attached hydrogen (secondary N) is 1. The maximum Gasteiger partial charge on any atom is 0.326 e. The van der Waals surface area contributed by atoms with E-state index in [1.165, 1.54) is 0 Å². The monoisotopic (exact) mass is 313 g/mol. The summed E-state index contributed by atoms with van der Waals surface area (Å²) in [6.07, 6.45) is -0.826. The normalized spacial score (nSPS) is 14.1. The molecular weight excluding hydrogens is 294 g/mol. The van der Waals surface area contributed by atoms with Crippen LogP contribution in [-0.4, -0.2) is 29.1 Å². The van der Waals surface area contributed by atoms with E-state index in [-0.39, 0.29) is 0 Å². The van der Waals surface area contributed by atoms with Gasteiger partial charge in [-0.15, -0.1) is 0 Å². The molecule has 1 rings (SSSR count). The first-order valence-electron chi connectivity index (χ1n) is 6.56. The number of carboxylic acids is 1. The minimum absolute atomic E-state index is 0.452. The zero-order valence-corrected chi connectivity index (χ0v) is 13.3. The van der Waals surface area contributed by atoms with Gasteiger partial charge in [-0.2, -0.15) is 0 Å². The number of carboxylic acid groups (broad SMARTS) is 1. The van der Waals surface area contributed by atoms with Gasteiger partial charge in [0.2, 0.25) is 0 Å². The van der Waals surface area contributed by atoms with Crippen molar-refractivity contribution in [3.8, 4) is 5.75 Å². The summed E-state index contributed by atoms with van der Waals surface area (Å²) < 4.78 is 5.46. The van der Waals surface area contributed by atoms with Gasteiger partial charge in [0, 0.05) is 5.02 Å². The Labute approximate surface area is 129 Å². The zero-order chi connectivity index (χ0) is 16.2. The topological polar surface area (TPSA) is 75.6 Å². The molecule has 0 fully saturated rings. The van der Waals surface area contributed by atoms with Crippen molar-refractivity contribution in [1.29, 1.82) is 0 Å². The lowest BCUT2D eigenvalue weighted by Crippen LogP contribution is -2.52. The van der Waals surface area contributed by atoms with Crippen LogP contribution in [0.4, 0.5) is 0 Å². The number of carbonyl (C=O) groups is 2. The number of amides is 1. The third-order valence-corrected chi connectivity index (χ3v) is 3.11. The molecule has 5 nitrogen and oxygen atoms in total. The Morgan fingerprint density at radius 3 is 2.43 bits per heavy atom. The molecule has 116 valence electrons. The Morgan fingerprint density at radius 2 is 1.95 bits per heavy atom. The standard InChI is InChI=1S/C15H20ClNO4/c1-9(21-11-7-5-6-10(16)8-11)13(18)17-12(14(19)20)15(2,3)4/h5-9,12H,1-4H3,(H,17,18)(H,19,20). The molecule has 6 heteroatoms. The SMILES string of the molecule is CC(Oc1cccc(Cl)c1)C(=O)NC(C(=O)O)C(C)(C)C. The average molecular weight is 314 g/mol. The van der Waals surface area contributed by atoms with Gasteiger partial charge >= 0.3 is 5.97 Å². The van der Waals surface area contributed by atoms with E-state index >= 15 is 0 Å². The van der Waals surface area contributed by atoms with Crippen molar-refractivity contribution in [1.82, 2.24) is 5.32 Å². The molecule has 0 spiro atoms. The highest BCUT2D eigenvalue weighted by Gasteiger charge is 2.33. The number of ether oxygens (including phenoxy) is 1. The van der Waals surface area contributed by atoms with Gasteiger partial charge in [-0.3, -0.25) is 4.79 Å². The number of hydrogen-bond donors (Lipinski definition) is 2. The van der Waals surface area contributed by atoms with E-state index in [1.807, 2.05) is 0 Å². The summed E-state index contributed by atoms with van der Waals surface area (Å²) in [7, 11) is 0. The molecule has 2 unspecified atom stereocenters. The largest absolute Gasteiger partial charge is 0.481 e. The van der Waals surface area contributed by atoms with E-state index in [9.17, 15) is 14.7 Å². The molecule has 0 saturated carbocycles. The quantitative estimate of drug-likeness (QED) is 0.876. The molecular formula is C15H20ClNO4. The number of rotatable bonds is 5. The average Bonchev–Trinajstić information content (AvgIpc) is 2.33. The molecule has 1 amide bonds. The minimum Gasteiger partial charge on any atom is -0.481 e. The fourth-order valence-corrected chi connectivity index (χ4v) is 1.89. The van der Waals surface area contributed by atoms with Crippen molar-refractivity contribution in [2.24, 2.45) is 5.41 Å². The summed E-state index contributed by atoms with van der Waals surface area (Å²) in [5, 5.41) is 12.2. The van der Waals surface area contributed by atoms with Crippen LogP contribution in [0.2, 0.25) is 5.02 Å². The Balaban J connectivity index is 2.72. The van der Waals surface area contributed by atoms with Gasteiger partial charge in [-0.25, -0.2) is 4.79 Å². The molecule has 0 aliphatic rings. The summed E-state index contributed by atoms with van der Waals surface area (Å²) in [6.45, 7) is 6.79. The number of hydrogen-bond acceptors (Lipinski definition) is 3. The van der Waals surface area contributed by atoms with Crippen molar-refractivity contribution in [2.45, 2.75) is 39.8 Å². The maximum absolute atomic E-state index is 12.1. The molecule has 0 aliphatic heterocycles. The second kappa shape index (κ2) is 6.80. The molecule has 0 heterocycles. The first kappa shape index (κ1) is 17.3. The highest BCUT2D eigenvalue weighted by molar-refractivity contribution is 6.30. The van der Waals surface area contributed by atoms with Crippen LogP contribution in [0.25, 0.3) is 0 Å². The van der Waals surface area contributed by atoms with Crippen LogP contribution in [0, 0.1) is 5.41 Å². The second-order valence-electron chi connectivity index (χ2n) is 5.86. The van der Waals surface area contributed by atoms with Crippen LogP contribution in [-0.2, 0) is 9.59 Å². The van der Waals surface area contributed by atoms with Crippen molar-refractivity contribution in [2.75, 3.05) is 0 Å². The van der Waals surface area contributed by atoms with Gasteiger partial charge in [0.15, 0.2) is 6.10 Å². The zero-order valence-electron chi connectivity index (χ0n) is 12.5. The summed E-state index contributed by atoms with van der Waals surface area (Å²) in [5.74, 6) is -1.11. The van der Waals surface area contributed by atoms with Crippen LogP contribution < -0.4 is 10.1 Å². The number of halogens is 1. The van der Waals surface area contributed by atoms with Gasteiger partial charge in [0.25, 0.3) is 5.91 Å². The van der Waals surface area contributed by atoms with Crippen molar-refractivity contribution < 1.29 is 19.4 Å². The van der Waals surface area contributed by atoms with Gasteiger partial charge in [-0.05, 0) is 30.5 Å². The fraction of sp³-hybridized carbons (Fsp3) is 0.467. The molecule has 2 atom stereocenters. The van der Waals surface area contributed by atoms with Crippen LogP contribution in [0.5, 0.6) is 5.75 Å². The molecule has 1 aromatic rings. The van der Waals surface area contributed by atoms with Crippen molar-refractivity contribution >= 4 is 23.5 Å². The predicted molar refractivity (Wildman–Crippen MR) is 80.6 cm³/mol. The lowest BCUT2D eigenvalue weighted by Gasteiger charge is -2.28. The highest BCUT2D eigenvalue weighted by Crippen LogP contribution is 2.21. The number of benzene rings is 1. The third kappa shape index (κ3) is 5.27. The molecule has 2 N–H and O–H groups in total. The van der Waals surface area contributed by atoms with Crippen LogP contribution in [0.3, 0.4) is 0 Å². The lowest BCUT2D eigenvalue weighted by atomic mass is 9.86. The van der Waals surface area contributed by atoms with Gasteiger partial charge in [0.1, 0.15) is 11.8 Å². The Bertz CT molecular complexity index is 525. The maximum atomic E-state index is 12.1. The van der Waals surface area contributed by atoms with E-state index in [0.717, 1.165) is 0 Å². The Kier molecular flexibility index (Phi) is 5.61. The summed E-state index contributed by atoms with van der Waals surface area (Å²) in [6, 6.07) is 5.67. The molecule has 0 aromatic heterocycles. The molecule has 0 radical (unpaired) electrons. The predicted octanol–water partition coefficient (Wildman–Crippen LogP) is 2.72. The van der Waals surface area contributed by atoms with Crippen molar-refractivity contribution in [3.63, 3.8) is 0 Å². The van der Waals surface area contributed by atoms with Crippen molar-refractivity contribution in [3.05, 3.63) is 29.3 Å². The Hall–Kier alpha value is -1.75. The number of aliphatic carboxylic acids is 1. The molecule has 21 heavy (non-hydrogen) atoms. The summed E-state index contributed by atoms with van der Waals surface area (Å²) in [4.78, 5) is 23.3. The van der Waals surface area contributed by atoms with E-state index in [2.05, 4.69) is 5.32 Å². The fourth-order valence-electron chi connectivity index (χ4n) is 1.71. The van der Waals surface area contributed by atoms with Gasteiger partial charge in [0.05, 0.1) is 0 Å². The minimum atomic E-state index is -1.08. The molecule has 0 saturated heterocycles. The van der Waals surface area contributed by atoms with Crippen LogP contribution in [0.1, 0.15) is 27.7 Å². The second-order valence-corrected chi connectivity index (χ2v) is 6.30. The van der Waals surface area contributed by atoms with E-state index in [4.69, 9.17) is 16.3 Å². The smallest absolute Gasteiger partial charge is 0.326 e.